The number of carbonyl (C=O) groups excluding carboxylic acids is 1. The van der Waals surface area contributed by atoms with Gasteiger partial charge in [-0.15, -0.1) is 0 Å². The van der Waals surface area contributed by atoms with Crippen LogP contribution in [0.3, 0.4) is 0 Å². The van der Waals surface area contributed by atoms with Crippen LogP contribution >= 0.6 is 0 Å². The lowest BCUT2D eigenvalue weighted by Crippen LogP contribution is -2.46. The van der Waals surface area contributed by atoms with Crippen molar-refractivity contribution in [2.75, 3.05) is 6.54 Å². The topological polar surface area (TPSA) is 64.8 Å². The van der Waals surface area contributed by atoms with E-state index in [2.05, 4.69) is 27.7 Å². The minimum absolute atomic E-state index is 0.110. The van der Waals surface area contributed by atoms with Crippen LogP contribution in [0.15, 0.2) is 0 Å². The quantitative estimate of drug-likeness (QED) is 0.464. The summed E-state index contributed by atoms with van der Waals surface area (Å²) in [5, 5.41) is 0. The van der Waals surface area contributed by atoms with Crippen LogP contribution in [0.2, 0.25) is 6.32 Å². The third-order valence-electron chi connectivity index (χ3n) is 5.47. The molecule has 0 saturated carbocycles. The Bertz CT molecular complexity index is 374. The van der Waals surface area contributed by atoms with Crippen molar-refractivity contribution in [3.63, 3.8) is 0 Å². The molecule has 5 nitrogen and oxygen atoms in total. The first kappa shape index (κ1) is 17.8. The molecule has 0 unspecified atom stereocenters. The second-order valence-corrected chi connectivity index (χ2v) is 7.75. The monoisotopic (exact) mass is 310 g/mol. The van der Waals surface area contributed by atoms with Crippen molar-refractivity contribution in [1.82, 2.24) is 4.90 Å². The summed E-state index contributed by atoms with van der Waals surface area (Å²) in [5.74, 6) is 0. The van der Waals surface area contributed by atoms with Crippen LogP contribution in [-0.2, 0) is 14.1 Å². The van der Waals surface area contributed by atoms with Crippen molar-refractivity contribution in [1.29, 1.82) is 0 Å². The Morgan fingerprint density at radius 2 is 1.86 bits per heavy atom. The fourth-order valence-electron chi connectivity index (χ4n) is 3.30. The number of piperidine rings is 1. The Morgan fingerprint density at radius 3 is 2.45 bits per heavy atom. The number of unbranched alkanes of at least 4 members (excludes halogenated alkanes) is 1. The standard InChI is InChI=1S/C16H31BN2O3/c1-15(2)16(3,4)22-17(21-15)9-6-5-7-14-11-13(18)8-10-19(14)12-20/h12-14H,5-11,18H2,1-4H3/t13-,14-/m0/s1. The minimum Gasteiger partial charge on any atom is -0.403 e. The molecule has 2 rings (SSSR count). The summed E-state index contributed by atoms with van der Waals surface area (Å²) in [6.07, 6.45) is 6.88. The maximum absolute atomic E-state index is 11.1. The highest BCUT2D eigenvalue weighted by Gasteiger charge is 2.50. The SMILES string of the molecule is CC1(C)OB(CCCC[C@H]2C[C@@H](N)CCN2C=O)OC1(C)C. The number of hydrogen-bond donors (Lipinski definition) is 1. The van der Waals surface area contributed by atoms with Crippen LogP contribution in [0, 0.1) is 0 Å². The summed E-state index contributed by atoms with van der Waals surface area (Å²) >= 11 is 0. The molecule has 126 valence electrons. The molecule has 0 aromatic rings. The van der Waals surface area contributed by atoms with Crippen LogP contribution in [0.5, 0.6) is 0 Å². The molecular weight excluding hydrogens is 279 g/mol. The normalized spacial score (nSPS) is 30.6. The highest BCUT2D eigenvalue weighted by molar-refractivity contribution is 6.45. The van der Waals surface area contributed by atoms with Crippen molar-refractivity contribution < 1.29 is 14.1 Å². The summed E-state index contributed by atoms with van der Waals surface area (Å²) < 4.78 is 12.0. The Kier molecular flexibility index (Phi) is 5.56. The molecule has 2 fully saturated rings. The van der Waals surface area contributed by atoms with Gasteiger partial charge in [0.1, 0.15) is 0 Å². The molecule has 0 aromatic heterocycles. The molecule has 22 heavy (non-hydrogen) atoms. The zero-order chi connectivity index (χ0) is 16.4. The number of nitrogens with zero attached hydrogens (tertiary/aromatic N) is 1. The molecule has 2 aliphatic rings. The van der Waals surface area contributed by atoms with Gasteiger partial charge in [-0.2, -0.15) is 0 Å². The van der Waals surface area contributed by atoms with E-state index in [4.69, 9.17) is 15.0 Å². The Hall–Kier alpha value is -0.585. The summed E-state index contributed by atoms with van der Waals surface area (Å²) in [4.78, 5) is 13.0. The van der Waals surface area contributed by atoms with Gasteiger partial charge in [0.05, 0.1) is 11.2 Å². The van der Waals surface area contributed by atoms with Gasteiger partial charge in [-0.05, 0) is 53.3 Å². The molecule has 0 radical (unpaired) electrons. The molecule has 2 N–H and O–H groups in total. The van der Waals surface area contributed by atoms with E-state index in [0.717, 1.165) is 51.4 Å². The maximum Gasteiger partial charge on any atom is 0.457 e. The largest absolute Gasteiger partial charge is 0.457 e. The summed E-state index contributed by atoms with van der Waals surface area (Å²) in [6, 6.07) is 0.545. The number of amides is 1. The predicted molar refractivity (Wildman–Crippen MR) is 88.5 cm³/mol. The fraction of sp³-hybridized carbons (Fsp3) is 0.938. The van der Waals surface area contributed by atoms with Crippen LogP contribution in [0.25, 0.3) is 0 Å². The van der Waals surface area contributed by atoms with Gasteiger partial charge in [-0.3, -0.25) is 4.79 Å². The van der Waals surface area contributed by atoms with E-state index in [0.29, 0.717) is 6.04 Å². The number of likely N-dealkylation sites (tertiary alicyclic amines) is 1. The van der Waals surface area contributed by atoms with Gasteiger partial charge < -0.3 is 19.9 Å². The van der Waals surface area contributed by atoms with E-state index in [1.807, 2.05) is 4.90 Å². The van der Waals surface area contributed by atoms with Gasteiger partial charge in [0, 0.05) is 18.6 Å². The zero-order valence-corrected chi connectivity index (χ0v) is 14.5. The minimum atomic E-state index is -0.248. The molecule has 2 aliphatic heterocycles. The average Bonchev–Trinajstić information content (AvgIpc) is 2.63. The van der Waals surface area contributed by atoms with Crippen molar-refractivity contribution in [3.8, 4) is 0 Å². The molecule has 0 spiro atoms. The molecule has 2 heterocycles. The lowest BCUT2D eigenvalue weighted by molar-refractivity contribution is -0.121. The van der Waals surface area contributed by atoms with Crippen LogP contribution < -0.4 is 5.73 Å². The average molecular weight is 310 g/mol. The number of carbonyl (C=O) groups is 1. The van der Waals surface area contributed by atoms with E-state index in [1.54, 1.807) is 0 Å². The number of rotatable bonds is 6. The van der Waals surface area contributed by atoms with Crippen molar-refractivity contribution in [2.24, 2.45) is 5.73 Å². The molecule has 2 saturated heterocycles. The van der Waals surface area contributed by atoms with E-state index in [1.165, 1.54) is 0 Å². The van der Waals surface area contributed by atoms with Crippen molar-refractivity contribution in [2.45, 2.75) is 89.4 Å². The molecule has 1 amide bonds. The van der Waals surface area contributed by atoms with E-state index in [-0.39, 0.29) is 24.4 Å². The van der Waals surface area contributed by atoms with Crippen LogP contribution in [0.1, 0.15) is 59.8 Å². The fourth-order valence-corrected chi connectivity index (χ4v) is 3.30. The van der Waals surface area contributed by atoms with Crippen LogP contribution in [0.4, 0.5) is 0 Å². The molecular formula is C16H31BN2O3. The molecule has 0 aromatic carbocycles. The van der Waals surface area contributed by atoms with Gasteiger partial charge >= 0.3 is 7.12 Å². The second-order valence-electron chi connectivity index (χ2n) is 7.75. The molecule has 0 aliphatic carbocycles. The maximum atomic E-state index is 11.1. The Balaban J connectivity index is 1.70. The zero-order valence-electron chi connectivity index (χ0n) is 14.5. The third-order valence-corrected chi connectivity index (χ3v) is 5.47. The lowest BCUT2D eigenvalue weighted by Gasteiger charge is -2.36. The summed E-state index contributed by atoms with van der Waals surface area (Å²) in [6.45, 7) is 9.13. The first-order valence-corrected chi connectivity index (χ1v) is 8.57. The first-order chi connectivity index (χ1) is 10.2. The molecule has 6 heteroatoms. The number of hydrogen-bond acceptors (Lipinski definition) is 4. The second kappa shape index (κ2) is 6.89. The highest BCUT2D eigenvalue weighted by atomic mass is 16.7. The van der Waals surface area contributed by atoms with E-state index in [9.17, 15) is 4.79 Å². The lowest BCUT2D eigenvalue weighted by atomic mass is 9.81. The van der Waals surface area contributed by atoms with Crippen molar-refractivity contribution >= 4 is 13.5 Å². The van der Waals surface area contributed by atoms with Crippen molar-refractivity contribution in [3.05, 3.63) is 0 Å². The van der Waals surface area contributed by atoms with Crippen LogP contribution in [-0.4, -0.2) is 48.3 Å². The first-order valence-electron chi connectivity index (χ1n) is 8.57. The van der Waals surface area contributed by atoms with Gasteiger partial charge in [0.15, 0.2) is 0 Å². The van der Waals surface area contributed by atoms with E-state index >= 15 is 0 Å². The summed E-state index contributed by atoms with van der Waals surface area (Å²) in [7, 11) is -0.110. The number of nitrogens with two attached hydrogens (primary N) is 1. The van der Waals surface area contributed by atoms with Gasteiger partial charge in [-0.1, -0.05) is 12.8 Å². The predicted octanol–water partition coefficient (Wildman–Crippen LogP) is 2.20. The molecule has 0 bridgehead atoms. The smallest absolute Gasteiger partial charge is 0.403 e. The summed E-state index contributed by atoms with van der Waals surface area (Å²) in [5.41, 5.74) is 5.53. The van der Waals surface area contributed by atoms with E-state index < -0.39 is 0 Å². The van der Waals surface area contributed by atoms with Gasteiger partial charge in [0.25, 0.3) is 0 Å². The van der Waals surface area contributed by atoms with Gasteiger partial charge in [-0.25, -0.2) is 0 Å². The van der Waals surface area contributed by atoms with Gasteiger partial charge in [0.2, 0.25) is 6.41 Å². The Labute approximate surface area is 135 Å². The highest BCUT2D eigenvalue weighted by Crippen LogP contribution is 2.38. The molecule has 2 atom stereocenters. The Morgan fingerprint density at radius 1 is 1.23 bits per heavy atom. The third kappa shape index (κ3) is 4.03.